The summed E-state index contributed by atoms with van der Waals surface area (Å²) in [6.07, 6.45) is 0.903. The van der Waals surface area contributed by atoms with Crippen molar-refractivity contribution in [1.82, 2.24) is 0 Å². The molecule has 2 unspecified atom stereocenters. The summed E-state index contributed by atoms with van der Waals surface area (Å²) in [4.78, 5) is 24.3. The number of ketones is 1. The normalized spacial score (nSPS) is 13.6. The second-order valence-corrected chi connectivity index (χ2v) is 10.6. The van der Waals surface area contributed by atoms with Crippen LogP contribution in [0.5, 0.6) is 5.75 Å². The Morgan fingerprint density at radius 1 is 1.00 bits per heavy atom. The molecule has 0 saturated carbocycles. The highest BCUT2D eigenvalue weighted by Crippen LogP contribution is 2.40. The van der Waals surface area contributed by atoms with Crippen molar-refractivity contribution in [3.8, 4) is 5.75 Å². The van der Waals surface area contributed by atoms with Crippen LogP contribution in [-0.4, -0.2) is 25.5 Å². The number of hydrogen-bond donors (Lipinski definition) is 0. The first kappa shape index (κ1) is 26.5. The molecule has 5 nitrogen and oxygen atoms in total. The van der Waals surface area contributed by atoms with E-state index >= 15 is 0 Å². The highest BCUT2D eigenvalue weighted by atomic mass is 16.5. The van der Waals surface area contributed by atoms with E-state index in [9.17, 15) is 9.59 Å². The second kappa shape index (κ2) is 10.7. The molecular formula is C30H38O5. The Balaban J connectivity index is 1.88. The van der Waals surface area contributed by atoms with Crippen molar-refractivity contribution >= 4 is 22.7 Å². The average Bonchev–Trinajstić information content (AvgIpc) is 3.24. The summed E-state index contributed by atoms with van der Waals surface area (Å²) < 4.78 is 17.0. The Morgan fingerprint density at radius 2 is 1.71 bits per heavy atom. The molecular weight excluding hydrogens is 440 g/mol. The van der Waals surface area contributed by atoms with Gasteiger partial charge >= 0.3 is 5.97 Å². The SMILES string of the molecule is CCC(c1cc2cc(C(=O)OC)ccc2o1)C(C)c1ccc(OCC(=O)C(C)(C)C)c(C(C)C)c1. The zero-order valence-corrected chi connectivity index (χ0v) is 22.2. The van der Waals surface area contributed by atoms with Crippen LogP contribution in [0, 0.1) is 5.41 Å². The molecule has 3 aromatic rings. The topological polar surface area (TPSA) is 65.7 Å². The van der Waals surface area contributed by atoms with Crippen LogP contribution >= 0.6 is 0 Å². The molecule has 0 amide bonds. The number of rotatable bonds is 9. The molecule has 2 aromatic carbocycles. The average molecular weight is 479 g/mol. The molecule has 0 spiro atoms. The van der Waals surface area contributed by atoms with Crippen LogP contribution < -0.4 is 4.74 Å². The van der Waals surface area contributed by atoms with Crippen molar-refractivity contribution in [2.45, 2.75) is 72.6 Å². The minimum atomic E-state index is -0.426. The van der Waals surface area contributed by atoms with Crippen LogP contribution in [0.2, 0.25) is 0 Å². The lowest BCUT2D eigenvalue weighted by molar-refractivity contribution is -0.128. The van der Waals surface area contributed by atoms with Gasteiger partial charge in [-0.05, 0) is 59.7 Å². The summed E-state index contributed by atoms with van der Waals surface area (Å²) >= 11 is 0. The van der Waals surface area contributed by atoms with Gasteiger partial charge in [0.05, 0.1) is 12.7 Å². The van der Waals surface area contributed by atoms with Gasteiger partial charge in [0.15, 0.2) is 5.78 Å². The van der Waals surface area contributed by atoms with E-state index in [1.165, 1.54) is 12.7 Å². The van der Waals surface area contributed by atoms with E-state index in [-0.39, 0.29) is 36.1 Å². The lowest BCUT2D eigenvalue weighted by Crippen LogP contribution is -2.26. The number of methoxy groups -OCH3 is 1. The van der Waals surface area contributed by atoms with Gasteiger partial charge in [-0.3, -0.25) is 4.79 Å². The van der Waals surface area contributed by atoms with Crippen LogP contribution in [0.1, 0.15) is 99.9 Å². The van der Waals surface area contributed by atoms with Crippen LogP contribution in [0.4, 0.5) is 0 Å². The molecule has 0 fully saturated rings. The Morgan fingerprint density at radius 3 is 2.31 bits per heavy atom. The molecule has 3 rings (SSSR count). The second-order valence-electron chi connectivity index (χ2n) is 10.6. The summed E-state index contributed by atoms with van der Waals surface area (Å²) in [5, 5.41) is 0.892. The number of benzene rings is 2. The van der Waals surface area contributed by atoms with Gasteiger partial charge < -0.3 is 13.9 Å². The molecule has 1 heterocycles. The summed E-state index contributed by atoms with van der Waals surface area (Å²) in [5.74, 6) is 2.00. The standard InChI is InChI=1S/C30H38O5/c1-9-23(27-16-22-14-21(29(32)33-8)11-12-25(22)35-27)19(4)20-10-13-26(24(15-20)18(2)3)34-17-28(31)30(5,6)7/h10-16,18-19,23H,9,17H2,1-8H3. The van der Waals surface area contributed by atoms with Crippen molar-refractivity contribution in [2.75, 3.05) is 13.7 Å². The van der Waals surface area contributed by atoms with Gasteiger partial charge in [0, 0.05) is 16.7 Å². The molecule has 5 heteroatoms. The summed E-state index contributed by atoms with van der Waals surface area (Å²) in [6.45, 7) is 14.4. The van der Waals surface area contributed by atoms with Gasteiger partial charge in [0.1, 0.15) is 23.7 Å². The van der Waals surface area contributed by atoms with Crippen molar-refractivity contribution in [3.63, 3.8) is 0 Å². The van der Waals surface area contributed by atoms with E-state index in [0.717, 1.165) is 34.5 Å². The molecule has 0 aliphatic carbocycles. The molecule has 0 bridgehead atoms. The Labute approximate surface area is 208 Å². The van der Waals surface area contributed by atoms with Gasteiger partial charge in [-0.15, -0.1) is 0 Å². The number of carbonyl (C=O) groups is 2. The third-order valence-corrected chi connectivity index (χ3v) is 6.74. The van der Waals surface area contributed by atoms with Crippen LogP contribution in [0.25, 0.3) is 11.0 Å². The number of Topliss-reactive ketones (excluding diaryl/α,β-unsaturated/α-hetero) is 1. The summed E-state index contributed by atoms with van der Waals surface area (Å²) in [5.41, 5.74) is 3.14. The lowest BCUT2D eigenvalue weighted by atomic mass is 9.82. The number of furan rings is 1. The molecule has 188 valence electrons. The van der Waals surface area contributed by atoms with E-state index in [4.69, 9.17) is 13.9 Å². The van der Waals surface area contributed by atoms with E-state index in [2.05, 4.69) is 39.8 Å². The predicted molar refractivity (Wildman–Crippen MR) is 139 cm³/mol. The zero-order chi connectivity index (χ0) is 25.9. The first-order valence-electron chi connectivity index (χ1n) is 12.4. The summed E-state index contributed by atoms with van der Waals surface area (Å²) in [7, 11) is 1.38. The maximum Gasteiger partial charge on any atom is 0.337 e. The van der Waals surface area contributed by atoms with Gasteiger partial charge in [0.2, 0.25) is 0 Å². The molecule has 35 heavy (non-hydrogen) atoms. The van der Waals surface area contributed by atoms with Gasteiger partial charge in [0.25, 0.3) is 0 Å². The first-order valence-corrected chi connectivity index (χ1v) is 12.4. The Kier molecular flexibility index (Phi) is 8.09. The van der Waals surface area contributed by atoms with Crippen molar-refractivity contribution in [1.29, 1.82) is 0 Å². The fourth-order valence-electron chi connectivity index (χ4n) is 4.32. The Bertz CT molecular complexity index is 1200. The van der Waals surface area contributed by atoms with Crippen molar-refractivity contribution in [2.24, 2.45) is 5.41 Å². The monoisotopic (exact) mass is 478 g/mol. The number of carbonyl (C=O) groups excluding carboxylic acids is 2. The lowest BCUT2D eigenvalue weighted by Gasteiger charge is -2.24. The Hall–Kier alpha value is -3.08. The molecule has 2 atom stereocenters. The molecule has 0 radical (unpaired) electrons. The third kappa shape index (κ3) is 5.95. The maximum atomic E-state index is 12.4. The highest BCUT2D eigenvalue weighted by Gasteiger charge is 2.26. The quantitative estimate of drug-likeness (QED) is 0.296. The van der Waals surface area contributed by atoms with E-state index in [0.29, 0.717) is 5.56 Å². The van der Waals surface area contributed by atoms with E-state index < -0.39 is 5.41 Å². The molecule has 0 aliphatic rings. The zero-order valence-electron chi connectivity index (χ0n) is 22.2. The minimum Gasteiger partial charge on any atom is -0.486 e. The van der Waals surface area contributed by atoms with Gasteiger partial charge in [-0.25, -0.2) is 4.79 Å². The van der Waals surface area contributed by atoms with Gasteiger partial charge in [-0.2, -0.15) is 0 Å². The number of esters is 1. The largest absolute Gasteiger partial charge is 0.486 e. The maximum absolute atomic E-state index is 12.4. The fraction of sp³-hybridized carbons (Fsp3) is 0.467. The third-order valence-electron chi connectivity index (χ3n) is 6.74. The van der Waals surface area contributed by atoms with Crippen LogP contribution in [-0.2, 0) is 9.53 Å². The van der Waals surface area contributed by atoms with Crippen molar-refractivity contribution < 1.29 is 23.5 Å². The molecule has 1 aromatic heterocycles. The fourth-order valence-corrected chi connectivity index (χ4v) is 4.32. The molecule has 0 N–H and O–H groups in total. The van der Waals surface area contributed by atoms with Crippen LogP contribution in [0.3, 0.4) is 0 Å². The number of ether oxygens (including phenoxy) is 2. The molecule has 0 aliphatic heterocycles. The number of hydrogen-bond acceptors (Lipinski definition) is 5. The smallest absolute Gasteiger partial charge is 0.337 e. The first-order chi connectivity index (χ1) is 16.5. The number of fused-ring (bicyclic) bond motifs is 1. The highest BCUT2D eigenvalue weighted by molar-refractivity contribution is 5.94. The van der Waals surface area contributed by atoms with E-state index in [1.54, 1.807) is 6.07 Å². The minimum absolute atomic E-state index is 0.0717. The predicted octanol–water partition coefficient (Wildman–Crippen LogP) is 7.63. The van der Waals surface area contributed by atoms with Crippen LogP contribution in [0.15, 0.2) is 46.9 Å². The van der Waals surface area contributed by atoms with Gasteiger partial charge in [-0.1, -0.05) is 60.6 Å². The van der Waals surface area contributed by atoms with E-state index in [1.807, 2.05) is 45.0 Å². The summed E-state index contributed by atoms with van der Waals surface area (Å²) in [6, 6.07) is 13.7. The molecule has 0 saturated heterocycles. The van der Waals surface area contributed by atoms with Crippen molar-refractivity contribution in [3.05, 3.63) is 64.9 Å².